The van der Waals surface area contributed by atoms with Gasteiger partial charge < -0.3 is 59.3 Å². The number of carbonyl (C=O) groups excluding carboxylic acids is 1. The molecule has 0 saturated carbocycles. The first kappa shape index (κ1) is 40.0. The first-order valence-corrected chi connectivity index (χ1v) is 18.1. The van der Waals surface area contributed by atoms with E-state index in [1.807, 2.05) is 30.3 Å². The Morgan fingerprint density at radius 3 is 2.32 bits per heavy atom. The molecule has 1 unspecified atom stereocenters. The van der Waals surface area contributed by atoms with Crippen molar-refractivity contribution in [1.82, 2.24) is 0 Å². The van der Waals surface area contributed by atoms with Gasteiger partial charge in [0.15, 0.2) is 5.60 Å². The van der Waals surface area contributed by atoms with Gasteiger partial charge in [-0.25, -0.2) is 4.79 Å². The molecule has 3 heterocycles. The van der Waals surface area contributed by atoms with Crippen molar-refractivity contribution in [2.75, 3.05) is 18.5 Å². The zero-order chi connectivity index (χ0) is 40.7. The lowest BCUT2D eigenvalue weighted by Gasteiger charge is -2.46. The number of nitrogens with one attached hydrogen (secondary N) is 1. The van der Waals surface area contributed by atoms with Crippen LogP contribution in [-0.2, 0) is 37.9 Å². The van der Waals surface area contributed by atoms with Gasteiger partial charge in [-0.2, -0.15) is 13.2 Å². The molecule has 7 atom stereocenters. The van der Waals surface area contributed by atoms with Crippen LogP contribution in [0.4, 0.5) is 18.9 Å². The number of ether oxygens (including phenoxy) is 5. The summed E-state index contributed by atoms with van der Waals surface area (Å²) in [5, 5.41) is 53.8. The predicted octanol–water partition coefficient (Wildman–Crippen LogP) is 4.79. The van der Waals surface area contributed by atoms with Crippen molar-refractivity contribution in [3.05, 3.63) is 113 Å². The Bertz CT molecular complexity index is 2130. The second kappa shape index (κ2) is 15.6. The number of hydrogen-bond acceptors (Lipinski definition) is 12. The van der Waals surface area contributed by atoms with E-state index in [-0.39, 0.29) is 30.2 Å². The monoisotopic (exact) mass is 795 g/mol. The number of aliphatic hydroxyl groups is 4. The summed E-state index contributed by atoms with van der Waals surface area (Å²) in [7, 11) is 0. The van der Waals surface area contributed by atoms with Crippen LogP contribution in [0.2, 0.25) is 0 Å². The van der Waals surface area contributed by atoms with Gasteiger partial charge in [0.2, 0.25) is 0 Å². The van der Waals surface area contributed by atoms with Gasteiger partial charge >= 0.3 is 17.9 Å². The molecule has 57 heavy (non-hydrogen) atoms. The first-order chi connectivity index (χ1) is 27.1. The number of carboxylic acid groups (broad SMARTS) is 1. The summed E-state index contributed by atoms with van der Waals surface area (Å²) in [5.74, 6) is -4.53. The molecule has 1 saturated heterocycles. The molecule has 1 fully saturated rings. The Kier molecular flexibility index (Phi) is 10.9. The van der Waals surface area contributed by atoms with Crippen LogP contribution in [0.5, 0.6) is 23.0 Å². The van der Waals surface area contributed by atoms with Crippen LogP contribution in [-0.4, -0.2) is 86.8 Å². The Hall–Kier alpha value is -5.23. The summed E-state index contributed by atoms with van der Waals surface area (Å²) < 4.78 is 69.5. The van der Waals surface area contributed by atoms with Crippen molar-refractivity contribution >= 4 is 17.4 Å². The number of hydrogen-bond donors (Lipinski definition) is 6. The summed E-state index contributed by atoms with van der Waals surface area (Å²) in [6, 6.07) is 23.8. The molecule has 1 spiro atoms. The van der Waals surface area contributed by atoms with Gasteiger partial charge in [-0.05, 0) is 60.0 Å². The van der Waals surface area contributed by atoms with E-state index >= 15 is 0 Å². The molecule has 7 rings (SSSR count). The summed E-state index contributed by atoms with van der Waals surface area (Å²) in [6.07, 6.45) is -12.0. The fourth-order valence-corrected chi connectivity index (χ4v) is 7.63. The molecule has 6 N–H and O–H groups in total. The lowest BCUT2D eigenvalue weighted by molar-refractivity contribution is -0.293. The molecule has 0 bridgehead atoms. The van der Waals surface area contributed by atoms with E-state index in [1.54, 1.807) is 36.4 Å². The third-order valence-electron chi connectivity index (χ3n) is 10.3. The summed E-state index contributed by atoms with van der Waals surface area (Å²) in [5.41, 5.74) is 2.91. The summed E-state index contributed by atoms with van der Waals surface area (Å²) in [6.45, 7) is -0.531. The van der Waals surface area contributed by atoms with Crippen LogP contribution in [0.15, 0.2) is 84.9 Å². The maximum absolute atomic E-state index is 13.0. The lowest BCUT2D eigenvalue weighted by Crippen LogP contribution is -2.63. The quantitative estimate of drug-likeness (QED) is 0.108. The number of aliphatic hydroxyl groups excluding tert-OH is 4. The molecule has 16 heteroatoms. The van der Waals surface area contributed by atoms with Crippen LogP contribution in [0.25, 0.3) is 0 Å². The smallest absolute Gasteiger partial charge is 0.405 e. The van der Waals surface area contributed by atoms with Crippen molar-refractivity contribution in [2.45, 2.75) is 75.0 Å². The highest BCUT2D eigenvalue weighted by Gasteiger charge is 2.56. The number of carboxylic acids is 1. The van der Waals surface area contributed by atoms with Gasteiger partial charge in [-0.3, -0.25) is 0 Å². The molecule has 13 nitrogen and oxygen atoms in total. The second-order valence-corrected chi connectivity index (χ2v) is 14.3. The molecule has 0 aromatic heterocycles. The van der Waals surface area contributed by atoms with Gasteiger partial charge in [0, 0.05) is 41.3 Å². The largest absolute Gasteiger partial charge is 0.489 e. The fraction of sp³-hybridized carbons (Fsp3) is 0.366. The number of benzene rings is 4. The van der Waals surface area contributed by atoms with Crippen LogP contribution >= 0.6 is 0 Å². The predicted molar refractivity (Wildman–Crippen MR) is 194 cm³/mol. The summed E-state index contributed by atoms with van der Waals surface area (Å²) in [4.78, 5) is 24.5. The van der Waals surface area contributed by atoms with Crippen molar-refractivity contribution in [3.63, 3.8) is 0 Å². The number of ketones is 1. The molecule has 0 aliphatic carbocycles. The van der Waals surface area contributed by atoms with Gasteiger partial charge in [0.1, 0.15) is 54.1 Å². The van der Waals surface area contributed by atoms with Crippen molar-refractivity contribution < 1.29 is 72.0 Å². The normalized spacial score (nSPS) is 24.7. The number of carbonyl (C=O) groups is 2. The number of alkyl halides is 3. The number of rotatable bonds is 13. The van der Waals surface area contributed by atoms with E-state index in [2.05, 4.69) is 5.32 Å². The van der Waals surface area contributed by atoms with Gasteiger partial charge in [0.25, 0.3) is 0 Å². The highest BCUT2D eigenvalue weighted by molar-refractivity contribution is 5.77. The molecule has 0 amide bonds. The van der Waals surface area contributed by atoms with E-state index in [9.17, 15) is 48.3 Å². The highest BCUT2D eigenvalue weighted by Crippen LogP contribution is 2.57. The molecule has 4 aromatic rings. The zero-order valence-electron chi connectivity index (χ0n) is 30.4. The Morgan fingerprint density at radius 1 is 0.947 bits per heavy atom. The average Bonchev–Trinajstić information content (AvgIpc) is 3.56. The van der Waals surface area contributed by atoms with E-state index < -0.39 is 73.4 Å². The molecular weight excluding hydrogens is 755 g/mol. The lowest BCUT2D eigenvalue weighted by atomic mass is 9.77. The van der Waals surface area contributed by atoms with Crippen LogP contribution in [0, 0.1) is 5.92 Å². The third-order valence-corrected chi connectivity index (χ3v) is 10.3. The highest BCUT2D eigenvalue weighted by atomic mass is 19.4. The minimum absolute atomic E-state index is 0.0152. The Labute approximate surface area is 324 Å². The topological polar surface area (TPSA) is 193 Å². The zero-order valence-corrected chi connectivity index (χ0v) is 30.4. The third kappa shape index (κ3) is 7.88. The van der Waals surface area contributed by atoms with E-state index in [0.29, 0.717) is 40.5 Å². The first-order valence-electron chi connectivity index (χ1n) is 18.1. The number of fused-ring (bicyclic) bond motifs is 6. The molecular formula is C41H40F3NO12. The van der Waals surface area contributed by atoms with Gasteiger partial charge in [-0.1, -0.05) is 36.4 Å². The Balaban J connectivity index is 1.10. The summed E-state index contributed by atoms with van der Waals surface area (Å²) >= 11 is 0. The molecule has 3 aliphatic heterocycles. The minimum Gasteiger partial charge on any atom is -0.489 e. The molecule has 0 radical (unpaired) electrons. The SMILES string of the molecule is CC(=O)C[C@H]1[C@H]([C@H](O)[C@H](O)CO)O[C@@](Oc2ccc(COc3ccc4c(c3)Oc3cc(NCC(F)(F)F)ccc3C43OCc4ccccc43)cc2)(C(=O)O)C[C@@H]1O. The van der Waals surface area contributed by atoms with Crippen LogP contribution in [0.3, 0.4) is 0 Å². The van der Waals surface area contributed by atoms with Crippen LogP contribution < -0.4 is 19.5 Å². The maximum atomic E-state index is 13.0. The number of halogens is 3. The average molecular weight is 796 g/mol. The van der Waals surface area contributed by atoms with Crippen molar-refractivity contribution in [3.8, 4) is 23.0 Å². The standard InChI is InChI=1S/C41H40F3NO12/c1-22(47)14-28-32(48)17-39(38(51)52,57-37(28)36(50)33(49)18-46)56-26-9-6-23(7-10-26)19-53-27-11-13-31-35(16-27)55-34-15-25(45-21-40(42,43)44)8-12-30(34)41(31)29-5-3-2-4-24(29)20-54-41/h2-13,15-16,28,32-33,36-37,45-46,48-50H,14,17-21H2,1H3,(H,51,52)/t28-,32+,33-,36-,37-,39-,41?/m1/s1. The van der Waals surface area contributed by atoms with Gasteiger partial charge in [0.05, 0.1) is 31.8 Å². The van der Waals surface area contributed by atoms with Crippen LogP contribution in [0.1, 0.15) is 47.6 Å². The molecule has 302 valence electrons. The van der Waals surface area contributed by atoms with Crippen molar-refractivity contribution in [1.29, 1.82) is 0 Å². The Morgan fingerprint density at radius 2 is 1.63 bits per heavy atom. The number of Topliss-reactive ketones (excluding diaryl/α,β-unsaturated/α-hetero) is 1. The second-order valence-electron chi connectivity index (χ2n) is 14.3. The van der Waals surface area contributed by atoms with Crippen molar-refractivity contribution in [2.24, 2.45) is 5.92 Å². The molecule has 4 aromatic carbocycles. The fourth-order valence-electron chi connectivity index (χ4n) is 7.63. The van der Waals surface area contributed by atoms with E-state index in [4.69, 9.17) is 23.7 Å². The molecule has 3 aliphatic rings. The van der Waals surface area contributed by atoms with E-state index in [0.717, 1.165) is 11.1 Å². The van der Waals surface area contributed by atoms with Gasteiger partial charge in [-0.15, -0.1) is 0 Å². The van der Waals surface area contributed by atoms with E-state index in [1.165, 1.54) is 25.1 Å². The minimum atomic E-state index is -4.42. The number of aliphatic carboxylic acids is 1. The maximum Gasteiger partial charge on any atom is 0.405 e. The number of anilines is 1.